The predicted molar refractivity (Wildman–Crippen MR) is 51.6 cm³/mol. The average molecular weight is 259 g/mol. The van der Waals surface area contributed by atoms with E-state index < -0.39 is 12.1 Å². The lowest BCUT2D eigenvalue weighted by atomic mass is 10.4. The van der Waals surface area contributed by atoms with Gasteiger partial charge in [0.2, 0.25) is 0 Å². The van der Waals surface area contributed by atoms with E-state index in [0.29, 0.717) is 26.2 Å². The van der Waals surface area contributed by atoms with Crippen LogP contribution in [0.4, 0.5) is 19.1 Å². The highest BCUT2D eigenvalue weighted by atomic mass is 35.5. The van der Waals surface area contributed by atoms with Gasteiger partial charge in [-0.1, -0.05) is 0 Å². The smallest absolute Gasteiger partial charge is 0.336 e. The minimum Gasteiger partial charge on any atom is -0.336 e. The quantitative estimate of drug-likeness (QED) is 0.812. The summed E-state index contributed by atoms with van der Waals surface area (Å²) in [6, 6.07) is 0. The Morgan fingerprint density at radius 2 is 1.88 bits per heavy atom. The van der Waals surface area contributed by atoms with E-state index in [4.69, 9.17) is 0 Å². The summed E-state index contributed by atoms with van der Waals surface area (Å²) in [6.45, 7) is 2.57. The van der Waals surface area contributed by atoms with Crippen molar-refractivity contribution >= 4 is 18.4 Å². The second-order valence-corrected chi connectivity index (χ2v) is 3.13. The molecule has 2 rings (SSSR count). The Morgan fingerprint density at radius 3 is 2.38 bits per heavy atom. The molecule has 0 spiro atoms. The molecule has 1 fully saturated rings. The molecule has 9 heteroatoms. The van der Waals surface area contributed by atoms with E-state index in [1.165, 1.54) is 0 Å². The third-order valence-corrected chi connectivity index (χ3v) is 2.06. The molecule has 1 saturated heterocycles. The van der Waals surface area contributed by atoms with Crippen LogP contribution >= 0.6 is 12.4 Å². The van der Waals surface area contributed by atoms with Crippen LogP contribution in [0.2, 0.25) is 0 Å². The van der Waals surface area contributed by atoms with Gasteiger partial charge in [-0.3, -0.25) is 0 Å². The normalized spacial score (nSPS) is 17.1. The second kappa shape index (κ2) is 4.88. The molecule has 1 aliphatic rings. The fraction of sp³-hybridized carbons (Fsp3) is 0.714. The Balaban J connectivity index is 0.00000128. The Morgan fingerprint density at radius 1 is 1.25 bits per heavy atom. The van der Waals surface area contributed by atoms with Crippen molar-refractivity contribution in [3.05, 3.63) is 5.89 Å². The van der Waals surface area contributed by atoms with Gasteiger partial charge in [0.25, 0.3) is 5.95 Å². The van der Waals surface area contributed by atoms with Gasteiger partial charge in [-0.15, -0.1) is 12.4 Å². The second-order valence-electron chi connectivity index (χ2n) is 3.13. The number of rotatable bonds is 1. The summed E-state index contributed by atoms with van der Waals surface area (Å²) in [5, 5.41) is 6.37. The van der Waals surface area contributed by atoms with Crippen LogP contribution in [-0.4, -0.2) is 36.3 Å². The summed E-state index contributed by atoms with van der Waals surface area (Å²) in [5.41, 5.74) is 0. The van der Waals surface area contributed by atoms with Gasteiger partial charge >= 0.3 is 12.1 Å². The molecular weight excluding hydrogens is 249 g/mol. The monoisotopic (exact) mass is 258 g/mol. The third-order valence-electron chi connectivity index (χ3n) is 2.06. The van der Waals surface area contributed by atoms with Crippen LogP contribution in [0, 0.1) is 0 Å². The van der Waals surface area contributed by atoms with Crippen molar-refractivity contribution in [2.24, 2.45) is 0 Å². The van der Waals surface area contributed by atoms with Crippen LogP contribution in [0.5, 0.6) is 0 Å². The van der Waals surface area contributed by atoms with Gasteiger partial charge in [0.1, 0.15) is 0 Å². The molecule has 0 atom stereocenters. The zero-order valence-electron chi connectivity index (χ0n) is 8.12. The molecule has 1 N–H and O–H groups in total. The Labute approximate surface area is 95.4 Å². The molecule has 0 aromatic carbocycles. The third kappa shape index (κ3) is 2.76. The van der Waals surface area contributed by atoms with E-state index in [-0.39, 0.29) is 18.4 Å². The van der Waals surface area contributed by atoms with Crippen molar-refractivity contribution in [3.8, 4) is 0 Å². The number of piperazine rings is 1. The number of nitrogens with zero attached hydrogens (tertiary/aromatic N) is 3. The molecule has 92 valence electrons. The molecule has 1 aliphatic heterocycles. The highest BCUT2D eigenvalue weighted by Gasteiger charge is 2.39. The summed E-state index contributed by atoms with van der Waals surface area (Å²) in [4.78, 5) is 4.95. The van der Waals surface area contributed by atoms with E-state index in [9.17, 15) is 13.2 Å². The van der Waals surface area contributed by atoms with Gasteiger partial charge in [-0.25, -0.2) is 0 Å². The topological polar surface area (TPSA) is 54.2 Å². The molecular formula is C7H10ClF3N4O. The molecule has 0 unspecified atom stereocenters. The first-order valence-corrected chi connectivity index (χ1v) is 4.44. The van der Waals surface area contributed by atoms with Crippen LogP contribution in [0.15, 0.2) is 4.52 Å². The zero-order valence-corrected chi connectivity index (χ0v) is 8.94. The SMILES string of the molecule is Cl.FC(F)(F)c1nc(N2CCNCC2)no1. The number of anilines is 1. The maximum Gasteiger partial charge on any atom is 0.471 e. The van der Waals surface area contributed by atoms with E-state index in [1.54, 1.807) is 4.90 Å². The van der Waals surface area contributed by atoms with E-state index in [0.717, 1.165) is 0 Å². The molecule has 0 amide bonds. The first-order valence-electron chi connectivity index (χ1n) is 4.44. The van der Waals surface area contributed by atoms with E-state index in [2.05, 4.69) is 20.0 Å². The molecule has 16 heavy (non-hydrogen) atoms. The summed E-state index contributed by atoms with van der Waals surface area (Å²) in [6.07, 6.45) is -4.57. The minimum absolute atomic E-state index is 0. The maximum atomic E-state index is 12.1. The summed E-state index contributed by atoms with van der Waals surface area (Å²) in [5.74, 6) is -1.29. The van der Waals surface area contributed by atoms with Gasteiger partial charge in [0.05, 0.1) is 0 Å². The van der Waals surface area contributed by atoms with Gasteiger partial charge < -0.3 is 14.7 Å². The number of alkyl halides is 3. The molecule has 0 radical (unpaired) electrons. The summed E-state index contributed by atoms with van der Waals surface area (Å²) in [7, 11) is 0. The van der Waals surface area contributed by atoms with Gasteiger partial charge in [0.15, 0.2) is 0 Å². The highest BCUT2D eigenvalue weighted by Crippen LogP contribution is 2.28. The Hall–Kier alpha value is -1.02. The van der Waals surface area contributed by atoms with E-state index >= 15 is 0 Å². The maximum absolute atomic E-state index is 12.1. The van der Waals surface area contributed by atoms with Crippen molar-refractivity contribution < 1.29 is 17.7 Å². The standard InChI is InChI=1S/C7H9F3N4O.ClH/c8-7(9,10)5-12-6(13-15-5)14-3-1-11-2-4-14;/h11H,1-4H2;1H. The number of hydrogen-bond donors (Lipinski definition) is 1. The minimum atomic E-state index is -4.57. The van der Waals surface area contributed by atoms with Gasteiger partial charge in [-0.05, 0) is 5.16 Å². The van der Waals surface area contributed by atoms with Crippen molar-refractivity contribution in [2.45, 2.75) is 6.18 Å². The average Bonchev–Trinajstić information content (AvgIpc) is 2.67. The van der Waals surface area contributed by atoms with Crippen LogP contribution in [0.3, 0.4) is 0 Å². The Kier molecular flexibility index (Phi) is 3.98. The lowest BCUT2D eigenvalue weighted by Gasteiger charge is -2.25. The molecule has 1 aromatic heterocycles. The number of nitrogens with one attached hydrogen (secondary N) is 1. The summed E-state index contributed by atoms with van der Waals surface area (Å²) >= 11 is 0. The first kappa shape index (κ1) is 13.0. The fourth-order valence-electron chi connectivity index (χ4n) is 1.32. The lowest BCUT2D eigenvalue weighted by molar-refractivity contribution is -0.159. The molecule has 0 saturated carbocycles. The van der Waals surface area contributed by atoms with Crippen LogP contribution in [0.1, 0.15) is 5.89 Å². The molecule has 1 aromatic rings. The number of hydrogen-bond acceptors (Lipinski definition) is 5. The van der Waals surface area contributed by atoms with Crippen LogP contribution < -0.4 is 10.2 Å². The molecule has 0 aliphatic carbocycles. The molecule has 0 bridgehead atoms. The van der Waals surface area contributed by atoms with E-state index in [1.807, 2.05) is 0 Å². The largest absolute Gasteiger partial charge is 0.471 e. The summed E-state index contributed by atoms with van der Waals surface area (Å²) < 4.78 is 40.6. The zero-order chi connectivity index (χ0) is 10.9. The Bertz CT molecular complexity index is 337. The molecule has 5 nitrogen and oxygen atoms in total. The van der Waals surface area contributed by atoms with Crippen LogP contribution in [-0.2, 0) is 6.18 Å². The predicted octanol–water partition coefficient (Wildman–Crippen LogP) is 0.920. The van der Waals surface area contributed by atoms with Crippen LogP contribution in [0.25, 0.3) is 0 Å². The number of halogens is 4. The number of aromatic nitrogens is 2. The van der Waals surface area contributed by atoms with Crippen molar-refractivity contribution in [1.82, 2.24) is 15.5 Å². The van der Waals surface area contributed by atoms with Gasteiger partial charge in [-0.2, -0.15) is 18.2 Å². The van der Waals surface area contributed by atoms with Gasteiger partial charge in [0, 0.05) is 26.2 Å². The lowest BCUT2D eigenvalue weighted by Crippen LogP contribution is -2.44. The molecule has 2 heterocycles. The van der Waals surface area contributed by atoms with Crippen molar-refractivity contribution in [1.29, 1.82) is 0 Å². The van der Waals surface area contributed by atoms with Crippen molar-refractivity contribution in [2.75, 3.05) is 31.1 Å². The highest BCUT2D eigenvalue weighted by molar-refractivity contribution is 5.85. The fourth-order valence-corrected chi connectivity index (χ4v) is 1.32. The van der Waals surface area contributed by atoms with Crippen molar-refractivity contribution in [3.63, 3.8) is 0 Å². The first-order chi connectivity index (χ1) is 7.07.